The second-order valence-electron chi connectivity index (χ2n) is 9.05. The van der Waals surface area contributed by atoms with E-state index in [2.05, 4.69) is 16.0 Å². The highest BCUT2D eigenvalue weighted by Crippen LogP contribution is 2.31. The van der Waals surface area contributed by atoms with Crippen LogP contribution in [0, 0.1) is 5.92 Å². The standard InChI is InChI=1S/C22H32BN3O6/c27-20(10-14-4-6-16(7-5-14)24-8-9-25-17-12-31-13-17)26-19-11-15-2-1-3-18(22(28)29)21(15)32-23(19)30/h1-3,14,16-17,19,24-25,30H,4-13H2,(H,26,27)(H,28,29)/t14?,16?,19-/m0/s1. The monoisotopic (exact) mass is 445 g/mol. The molecule has 10 heteroatoms. The van der Waals surface area contributed by atoms with Crippen LogP contribution in [0.2, 0.25) is 0 Å². The van der Waals surface area contributed by atoms with Gasteiger partial charge >= 0.3 is 13.1 Å². The lowest BCUT2D eigenvalue weighted by Crippen LogP contribution is -2.53. The van der Waals surface area contributed by atoms with Gasteiger partial charge < -0.3 is 35.5 Å². The number of carboxylic acids is 1. The average Bonchev–Trinajstić information content (AvgIpc) is 2.73. The summed E-state index contributed by atoms with van der Waals surface area (Å²) in [7, 11) is -1.27. The molecule has 4 rings (SSSR count). The summed E-state index contributed by atoms with van der Waals surface area (Å²) in [5.74, 6) is -1.28. The molecule has 0 spiro atoms. The lowest BCUT2D eigenvalue weighted by atomic mass is 9.72. The first kappa shape index (κ1) is 23.0. The summed E-state index contributed by atoms with van der Waals surface area (Å²) in [4.78, 5) is 24.0. The summed E-state index contributed by atoms with van der Waals surface area (Å²) < 4.78 is 10.6. The van der Waals surface area contributed by atoms with Gasteiger partial charge in [-0.25, -0.2) is 4.79 Å². The van der Waals surface area contributed by atoms with Crippen molar-refractivity contribution in [3.63, 3.8) is 0 Å². The van der Waals surface area contributed by atoms with Crippen LogP contribution in [0.15, 0.2) is 18.2 Å². The molecule has 0 aromatic heterocycles. The van der Waals surface area contributed by atoms with Crippen LogP contribution in [0.1, 0.15) is 48.0 Å². The zero-order valence-electron chi connectivity index (χ0n) is 18.2. The number of para-hydroxylation sites is 1. The van der Waals surface area contributed by atoms with Crippen LogP contribution in [-0.4, -0.2) is 73.5 Å². The topological polar surface area (TPSA) is 129 Å². The Labute approximate surface area is 188 Å². The number of carbonyl (C=O) groups excluding carboxylic acids is 1. The van der Waals surface area contributed by atoms with E-state index in [1.165, 1.54) is 6.07 Å². The second kappa shape index (κ2) is 10.7. The fourth-order valence-electron chi connectivity index (χ4n) is 4.72. The number of aromatic carboxylic acids is 1. The van der Waals surface area contributed by atoms with E-state index in [1.807, 2.05) is 0 Å². The van der Waals surface area contributed by atoms with E-state index in [1.54, 1.807) is 12.1 Å². The fraction of sp³-hybridized carbons (Fsp3) is 0.636. The van der Waals surface area contributed by atoms with Crippen LogP contribution >= 0.6 is 0 Å². The summed E-state index contributed by atoms with van der Waals surface area (Å²) in [6.45, 7) is 3.51. The number of fused-ring (bicyclic) bond motifs is 1. The largest absolute Gasteiger partial charge is 0.547 e. The van der Waals surface area contributed by atoms with E-state index in [0.717, 1.165) is 52.0 Å². The summed E-state index contributed by atoms with van der Waals surface area (Å²) in [5.41, 5.74) is 0.691. The lowest BCUT2D eigenvalue weighted by molar-refractivity contribution is -0.122. The van der Waals surface area contributed by atoms with E-state index in [9.17, 15) is 19.7 Å². The molecule has 0 unspecified atom stereocenters. The van der Waals surface area contributed by atoms with Gasteiger partial charge in [0.05, 0.1) is 30.8 Å². The quantitative estimate of drug-likeness (QED) is 0.272. The molecule has 3 aliphatic rings. The van der Waals surface area contributed by atoms with E-state index in [-0.39, 0.29) is 17.2 Å². The molecule has 0 bridgehead atoms. The molecular formula is C22H32BN3O6. The van der Waals surface area contributed by atoms with Gasteiger partial charge in [-0.15, -0.1) is 0 Å². The van der Waals surface area contributed by atoms with Crippen molar-refractivity contribution in [1.29, 1.82) is 0 Å². The Morgan fingerprint density at radius 1 is 1.06 bits per heavy atom. The van der Waals surface area contributed by atoms with Crippen molar-refractivity contribution in [3.05, 3.63) is 29.3 Å². The SMILES string of the molecule is O=C(CC1CCC(NCCNC2COC2)CC1)N[C@H]1Cc2cccc(C(=O)O)c2OB1O. The van der Waals surface area contributed by atoms with Crippen molar-refractivity contribution >= 4 is 19.0 Å². The first-order valence-electron chi connectivity index (χ1n) is 11.5. The molecule has 1 atom stereocenters. The minimum atomic E-state index is -1.27. The number of ether oxygens (including phenoxy) is 1. The Bertz CT molecular complexity index is 813. The maximum absolute atomic E-state index is 12.6. The molecule has 1 aromatic rings. The highest BCUT2D eigenvalue weighted by atomic mass is 16.5. The summed E-state index contributed by atoms with van der Waals surface area (Å²) in [6.07, 6.45) is 4.89. The van der Waals surface area contributed by atoms with Gasteiger partial charge in [0.25, 0.3) is 0 Å². The van der Waals surface area contributed by atoms with Crippen LogP contribution in [-0.2, 0) is 16.0 Å². The van der Waals surface area contributed by atoms with Crippen molar-refractivity contribution in [1.82, 2.24) is 16.0 Å². The Morgan fingerprint density at radius 2 is 1.78 bits per heavy atom. The van der Waals surface area contributed by atoms with E-state index in [4.69, 9.17) is 9.39 Å². The molecular weight excluding hydrogens is 413 g/mol. The van der Waals surface area contributed by atoms with Crippen molar-refractivity contribution in [2.45, 2.75) is 56.5 Å². The number of hydrogen-bond acceptors (Lipinski definition) is 7. The molecule has 2 heterocycles. The average molecular weight is 445 g/mol. The minimum Gasteiger partial charge on any atom is -0.534 e. The predicted molar refractivity (Wildman–Crippen MR) is 119 cm³/mol. The number of amides is 1. The first-order chi connectivity index (χ1) is 15.5. The molecule has 0 radical (unpaired) electrons. The number of nitrogens with one attached hydrogen (secondary N) is 3. The van der Waals surface area contributed by atoms with Gasteiger partial charge in [-0.1, -0.05) is 12.1 Å². The zero-order chi connectivity index (χ0) is 22.5. The maximum Gasteiger partial charge on any atom is 0.547 e. The van der Waals surface area contributed by atoms with Crippen molar-refractivity contribution < 1.29 is 29.1 Å². The Hall–Kier alpha value is -2.14. The Balaban J connectivity index is 1.17. The van der Waals surface area contributed by atoms with Gasteiger partial charge in [0, 0.05) is 25.6 Å². The summed E-state index contributed by atoms with van der Waals surface area (Å²) in [5, 5.41) is 29.5. The van der Waals surface area contributed by atoms with Gasteiger partial charge in [-0.2, -0.15) is 0 Å². The van der Waals surface area contributed by atoms with Crippen molar-refractivity contribution in [3.8, 4) is 5.75 Å². The molecule has 1 saturated heterocycles. The molecule has 5 N–H and O–H groups in total. The molecule has 2 fully saturated rings. The number of carboxylic acid groups (broad SMARTS) is 1. The third-order valence-corrected chi connectivity index (χ3v) is 6.65. The van der Waals surface area contributed by atoms with Crippen LogP contribution < -0.4 is 20.6 Å². The van der Waals surface area contributed by atoms with Crippen LogP contribution in [0.5, 0.6) is 5.75 Å². The van der Waals surface area contributed by atoms with Gasteiger partial charge in [-0.3, -0.25) is 4.79 Å². The third kappa shape index (κ3) is 5.80. The molecule has 9 nitrogen and oxygen atoms in total. The number of hydrogen-bond donors (Lipinski definition) is 5. The minimum absolute atomic E-state index is 0.0181. The number of carbonyl (C=O) groups is 2. The van der Waals surface area contributed by atoms with Gasteiger partial charge in [-0.05, 0) is 49.7 Å². The summed E-state index contributed by atoms with van der Waals surface area (Å²) >= 11 is 0. The smallest absolute Gasteiger partial charge is 0.534 e. The van der Waals surface area contributed by atoms with E-state index in [0.29, 0.717) is 36.4 Å². The predicted octanol–water partition coefficient (Wildman–Crippen LogP) is 0.351. The van der Waals surface area contributed by atoms with Gasteiger partial charge in [0.1, 0.15) is 5.75 Å². The van der Waals surface area contributed by atoms with E-state index < -0.39 is 19.0 Å². The normalized spacial score (nSPS) is 25.4. The number of rotatable bonds is 9. The van der Waals surface area contributed by atoms with Crippen LogP contribution in [0.4, 0.5) is 0 Å². The number of benzene rings is 1. The fourth-order valence-corrected chi connectivity index (χ4v) is 4.72. The maximum atomic E-state index is 12.6. The van der Waals surface area contributed by atoms with Gasteiger partial charge in [0.2, 0.25) is 5.91 Å². The third-order valence-electron chi connectivity index (χ3n) is 6.65. The second-order valence-corrected chi connectivity index (χ2v) is 9.05. The van der Waals surface area contributed by atoms with E-state index >= 15 is 0 Å². The molecule has 32 heavy (non-hydrogen) atoms. The van der Waals surface area contributed by atoms with Crippen molar-refractivity contribution in [2.24, 2.45) is 5.92 Å². The first-order valence-corrected chi connectivity index (χ1v) is 11.5. The van der Waals surface area contributed by atoms with Crippen LogP contribution in [0.3, 0.4) is 0 Å². The lowest BCUT2D eigenvalue weighted by Gasteiger charge is -2.31. The molecule has 1 aliphatic carbocycles. The Kier molecular flexibility index (Phi) is 7.67. The van der Waals surface area contributed by atoms with Crippen molar-refractivity contribution in [2.75, 3.05) is 26.3 Å². The zero-order valence-corrected chi connectivity index (χ0v) is 18.2. The molecule has 174 valence electrons. The molecule has 1 saturated carbocycles. The molecule has 2 aliphatic heterocycles. The highest BCUT2D eigenvalue weighted by molar-refractivity contribution is 6.47. The molecule has 1 aromatic carbocycles. The van der Waals surface area contributed by atoms with Crippen LogP contribution in [0.25, 0.3) is 0 Å². The highest BCUT2D eigenvalue weighted by Gasteiger charge is 2.38. The summed E-state index contributed by atoms with van der Waals surface area (Å²) in [6, 6.07) is 5.86. The Morgan fingerprint density at radius 3 is 2.44 bits per heavy atom. The van der Waals surface area contributed by atoms with Gasteiger partial charge in [0.15, 0.2) is 0 Å². The molecule has 1 amide bonds.